The van der Waals surface area contributed by atoms with Crippen molar-refractivity contribution < 1.29 is 0 Å². The number of nitrogens with one attached hydrogen (secondary N) is 1. The minimum absolute atomic E-state index is 0.0372. The van der Waals surface area contributed by atoms with Gasteiger partial charge >= 0.3 is 0 Å². The van der Waals surface area contributed by atoms with Crippen LogP contribution in [0.1, 0.15) is 34.4 Å². The number of fused-ring (bicyclic) bond motifs is 1. The fourth-order valence-corrected chi connectivity index (χ4v) is 2.78. The molecule has 19 heavy (non-hydrogen) atoms. The van der Waals surface area contributed by atoms with Crippen LogP contribution in [0, 0.1) is 20.8 Å². The summed E-state index contributed by atoms with van der Waals surface area (Å²) in [7, 11) is 0. The lowest BCUT2D eigenvalue weighted by molar-refractivity contribution is 0.899. The van der Waals surface area contributed by atoms with E-state index in [4.69, 9.17) is 0 Å². The number of benzene rings is 1. The van der Waals surface area contributed by atoms with Gasteiger partial charge in [-0.05, 0) is 62.8 Å². The van der Waals surface area contributed by atoms with Crippen molar-refractivity contribution in [3.05, 3.63) is 50.4 Å². The third-order valence-corrected chi connectivity index (χ3v) is 4.04. The molecule has 1 aliphatic carbocycles. The van der Waals surface area contributed by atoms with E-state index in [9.17, 15) is 4.79 Å². The highest BCUT2D eigenvalue weighted by Crippen LogP contribution is 2.25. The van der Waals surface area contributed by atoms with Crippen LogP contribution in [0.4, 0.5) is 0 Å². The van der Waals surface area contributed by atoms with Gasteiger partial charge in [-0.2, -0.15) is 0 Å². The van der Waals surface area contributed by atoms with Gasteiger partial charge in [0, 0.05) is 11.1 Å². The molecule has 1 aliphatic rings. The summed E-state index contributed by atoms with van der Waals surface area (Å²) in [4.78, 5) is 19.7. The normalized spacial score (nSPS) is 13.6. The van der Waals surface area contributed by atoms with Crippen LogP contribution >= 0.6 is 0 Å². The molecule has 1 N–H and O–H groups in total. The van der Waals surface area contributed by atoms with Crippen molar-refractivity contribution in [3.63, 3.8) is 0 Å². The highest BCUT2D eigenvalue weighted by Gasteiger charge is 2.18. The van der Waals surface area contributed by atoms with Crippen LogP contribution in [0.3, 0.4) is 0 Å². The zero-order chi connectivity index (χ0) is 13.6. The Hall–Kier alpha value is -1.90. The van der Waals surface area contributed by atoms with Gasteiger partial charge in [-0.25, -0.2) is 4.98 Å². The van der Waals surface area contributed by atoms with Gasteiger partial charge in [0.05, 0.1) is 5.69 Å². The zero-order valence-electron chi connectivity index (χ0n) is 11.6. The van der Waals surface area contributed by atoms with Crippen molar-refractivity contribution in [1.29, 1.82) is 0 Å². The maximum absolute atomic E-state index is 12.1. The second-order valence-electron chi connectivity index (χ2n) is 5.44. The monoisotopic (exact) mass is 254 g/mol. The van der Waals surface area contributed by atoms with Gasteiger partial charge in [0.2, 0.25) is 0 Å². The average Bonchev–Trinajstić information content (AvgIpc) is 2.82. The maximum Gasteiger partial charge on any atom is 0.254 e. The Bertz CT molecular complexity index is 713. The minimum Gasteiger partial charge on any atom is -0.306 e. The predicted molar refractivity (Wildman–Crippen MR) is 76.5 cm³/mol. The first-order chi connectivity index (χ1) is 9.06. The molecule has 0 saturated heterocycles. The molecule has 0 saturated carbocycles. The lowest BCUT2D eigenvalue weighted by Crippen LogP contribution is -2.15. The van der Waals surface area contributed by atoms with Gasteiger partial charge in [0.1, 0.15) is 5.82 Å². The summed E-state index contributed by atoms with van der Waals surface area (Å²) >= 11 is 0. The van der Waals surface area contributed by atoms with Gasteiger partial charge < -0.3 is 4.98 Å². The summed E-state index contributed by atoms with van der Waals surface area (Å²) in [6, 6.07) is 4.27. The van der Waals surface area contributed by atoms with E-state index in [1.165, 1.54) is 11.1 Å². The Kier molecular flexibility index (Phi) is 2.77. The van der Waals surface area contributed by atoms with Crippen molar-refractivity contribution in [1.82, 2.24) is 9.97 Å². The largest absolute Gasteiger partial charge is 0.306 e. The predicted octanol–water partition coefficient (Wildman–Crippen LogP) is 2.85. The number of H-pyrrole nitrogens is 1. The highest BCUT2D eigenvalue weighted by atomic mass is 16.1. The van der Waals surface area contributed by atoms with Gasteiger partial charge in [-0.1, -0.05) is 6.07 Å². The lowest BCUT2D eigenvalue weighted by Gasteiger charge is -2.10. The number of hydrogen-bond acceptors (Lipinski definition) is 2. The van der Waals surface area contributed by atoms with Crippen LogP contribution < -0.4 is 5.56 Å². The summed E-state index contributed by atoms with van der Waals surface area (Å²) in [6.07, 6.45) is 2.83. The molecule has 0 fully saturated rings. The van der Waals surface area contributed by atoms with E-state index in [0.717, 1.165) is 41.6 Å². The Morgan fingerprint density at radius 2 is 1.79 bits per heavy atom. The molecule has 1 heterocycles. The van der Waals surface area contributed by atoms with E-state index in [1.54, 1.807) is 0 Å². The molecule has 3 heteroatoms. The zero-order valence-corrected chi connectivity index (χ0v) is 11.6. The molecule has 0 bridgehead atoms. The third kappa shape index (κ3) is 1.99. The highest BCUT2D eigenvalue weighted by molar-refractivity contribution is 5.62. The van der Waals surface area contributed by atoms with Crippen LogP contribution in [-0.4, -0.2) is 9.97 Å². The third-order valence-electron chi connectivity index (χ3n) is 4.04. The first-order valence-corrected chi connectivity index (χ1v) is 6.76. The van der Waals surface area contributed by atoms with Gasteiger partial charge in [0.15, 0.2) is 0 Å². The molecule has 0 aliphatic heterocycles. The lowest BCUT2D eigenvalue weighted by atomic mass is 10.0. The molecule has 0 atom stereocenters. The van der Waals surface area contributed by atoms with Crippen molar-refractivity contribution in [3.8, 4) is 11.4 Å². The average molecular weight is 254 g/mol. The van der Waals surface area contributed by atoms with Crippen molar-refractivity contribution in [2.24, 2.45) is 0 Å². The van der Waals surface area contributed by atoms with Crippen LogP contribution in [-0.2, 0) is 12.8 Å². The molecule has 3 rings (SSSR count). The number of rotatable bonds is 1. The standard InChI is InChI=1S/C16H18N2O/c1-9-7-11(3)13(8-10(9)2)15-17-14-6-4-5-12(14)16(19)18-15/h7-8H,4-6H2,1-3H3,(H,17,18,19). The van der Waals surface area contributed by atoms with Gasteiger partial charge in [-0.3, -0.25) is 4.79 Å². The topological polar surface area (TPSA) is 45.8 Å². The molecule has 98 valence electrons. The van der Waals surface area contributed by atoms with Gasteiger partial charge in [-0.15, -0.1) is 0 Å². The van der Waals surface area contributed by atoms with E-state index >= 15 is 0 Å². The number of aryl methyl sites for hydroxylation is 4. The molecular formula is C16H18N2O. The first-order valence-electron chi connectivity index (χ1n) is 6.76. The van der Waals surface area contributed by atoms with Crippen molar-refractivity contribution in [2.75, 3.05) is 0 Å². The second kappa shape index (κ2) is 4.34. The molecule has 0 amide bonds. The Balaban J connectivity index is 2.21. The molecule has 0 spiro atoms. The van der Waals surface area contributed by atoms with Crippen LogP contribution in [0.25, 0.3) is 11.4 Å². The quantitative estimate of drug-likeness (QED) is 0.850. The second-order valence-corrected chi connectivity index (χ2v) is 5.44. The number of aromatic nitrogens is 2. The smallest absolute Gasteiger partial charge is 0.254 e. The summed E-state index contributed by atoms with van der Waals surface area (Å²) in [5, 5.41) is 0. The van der Waals surface area contributed by atoms with Crippen LogP contribution in [0.2, 0.25) is 0 Å². The fourth-order valence-electron chi connectivity index (χ4n) is 2.78. The molecule has 1 aromatic carbocycles. The van der Waals surface area contributed by atoms with Crippen molar-refractivity contribution >= 4 is 0 Å². The Morgan fingerprint density at radius 3 is 2.58 bits per heavy atom. The van der Waals surface area contributed by atoms with E-state index in [0.29, 0.717) is 5.82 Å². The minimum atomic E-state index is 0.0372. The molecule has 0 radical (unpaired) electrons. The van der Waals surface area contributed by atoms with Crippen LogP contribution in [0.5, 0.6) is 0 Å². The summed E-state index contributed by atoms with van der Waals surface area (Å²) in [5.74, 6) is 0.714. The summed E-state index contributed by atoms with van der Waals surface area (Å²) in [5.41, 5.74) is 6.59. The fraction of sp³-hybridized carbons (Fsp3) is 0.375. The number of aromatic amines is 1. The maximum atomic E-state index is 12.1. The molecule has 3 nitrogen and oxygen atoms in total. The van der Waals surface area contributed by atoms with E-state index in [2.05, 4.69) is 42.9 Å². The Morgan fingerprint density at radius 1 is 1.05 bits per heavy atom. The SMILES string of the molecule is Cc1cc(C)c(-c2nc3c(c(=O)[nH]2)CCC3)cc1C. The summed E-state index contributed by atoms with van der Waals surface area (Å²) in [6.45, 7) is 6.25. The summed E-state index contributed by atoms with van der Waals surface area (Å²) < 4.78 is 0. The molecule has 0 unspecified atom stereocenters. The first kappa shape index (κ1) is 12.2. The van der Waals surface area contributed by atoms with Crippen LogP contribution in [0.15, 0.2) is 16.9 Å². The van der Waals surface area contributed by atoms with Gasteiger partial charge in [0.25, 0.3) is 5.56 Å². The molecule has 2 aromatic rings. The molecular weight excluding hydrogens is 236 g/mol. The van der Waals surface area contributed by atoms with E-state index < -0.39 is 0 Å². The van der Waals surface area contributed by atoms with Crippen molar-refractivity contribution in [2.45, 2.75) is 40.0 Å². The Labute approximate surface area is 112 Å². The van der Waals surface area contributed by atoms with E-state index in [-0.39, 0.29) is 5.56 Å². The molecule has 1 aromatic heterocycles. The number of hydrogen-bond donors (Lipinski definition) is 1. The number of nitrogens with zero attached hydrogens (tertiary/aromatic N) is 1. The van der Waals surface area contributed by atoms with E-state index in [1.807, 2.05) is 0 Å².